The molecule has 0 radical (unpaired) electrons. The molecule has 1 aliphatic rings. The minimum absolute atomic E-state index is 0.130. The van der Waals surface area contributed by atoms with E-state index in [1.807, 2.05) is 37.9 Å². The van der Waals surface area contributed by atoms with Crippen molar-refractivity contribution < 1.29 is 4.79 Å². The van der Waals surface area contributed by atoms with Crippen molar-refractivity contribution in [3.63, 3.8) is 0 Å². The topological polar surface area (TPSA) is 45.2 Å². The first-order valence-corrected chi connectivity index (χ1v) is 7.03. The standard InChI is InChI=1S/C15H23N3O/c1-11-7-8-14(12(2)17-11)15(19)18-9-5-4-6-13(18)10-16-3/h7-8,13,16H,4-6,9-10H2,1-3H3. The van der Waals surface area contributed by atoms with Gasteiger partial charge in [0.1, 0.15) is 0 Å². The lowest BCUT2D eigenvalue weighted by Gasteiger charge is -2.36. The van der Waals surface area contributed by atoms with Crippen molar-refractivity contribution in [1.82, 2.24) is 15.2 Å². The third kappa shape index (κ3) is 3.13. The molecular weight excluding hydrogens is 238 g/mol. The number of aryl methyl sites for hydroxylation is 2. The Morgan fingerprint density at radius 1 is 1.42 bits per heavy atom. The average Bonchev–Trinajstić information content (AvgIpc) is 2.39. The van der Waals surface area contributed by atoms with Crippen molar-refractivity contribution in [2.24, 2.45) is 0 Å². The molecule has 1 amide bonds. The first-order valence-electron chi connectivity index (χ1n) is 7.03. The number of likely N-dealkylation sites (tertiary alicyclic amines) is 1. The van der Waals surface area contributed by atoms with E-state index in [0.717, 1.165) is 42.9 Å². The molecule has 19 heavy (non-hydrogen) atoms. The number of nitrogens with one attached hydrogen (secondary N) is 1. The van der Waals surface area contributed by atoms with Gasteiger partial charge in [-0.05, 0) is 52.3 Å². The fourth-order valence-corrected chi connectivity index (χ4v) is 2.78. The van der Waals surface area contributed by atoms with Gasteiger partial charge in [0, 0.05) is 24.8 Å². The fraction of sp³-hybridized carbons (Fsp3) is 0.600. The molecule has 4 heteroatoms. The van der Waals surface area contributed by atoms with Crippen molar-refractivity contribution in [2.45, 2.75) is 39.2 Å². The SMILES string of the molecule is CNCC1CCCCN1C(=O)c1ccc(C)nc1C. The van der Waals surface area contributed by atoms with Crippen LogP contribution in [0.1, 0.15) is 41.0 Å². The Kier molecular flexibility index (Phi) is 4.53. The van der Waals surface area contributed by atoms with E-state index in [0.29, 0.717) is 6.04 Å². The molecule has 0 saturated carbocycles. The molecule has 0 aliphatic carbocycles. The van der Waals surface area contributed by atoms with Crippen LogP contribution < -0.4 is 5.32 Å². The summed E-state index contributed by atoms with van der Waals surface area (Å²) in [5, 5.41) is 3.19. The van der Waals surface area contributed by atoms with E-state index >= 15 is 0 Å². The maximum atomic E-state index is 12.7. The lowest BCUT2D eigenvalue weighted by atomic mass is 10.0. The highest BCUT2D eigenvalue weighted by Gasteiger charge is 2.27. The molecule has 1 N–H and O–H groups in total. The minimum Gasteiger partial charge on any atom is -0.334 e. The maximum absolute atomic E-state index is 12.7. The normalized spacial score (nSPS) is 19.5. The Labute approximate surface area is 115 Å². The van der Waals surface area contributed by atoms with Gasteiger partial charge in [-0.1, -0.05) is 0 Å². The number of piperidine rings is 1. The lowest BCUT2D eigenvalue weighted by molar-refractivity contribution is 0.0614. The smallest absolute Gasteiger partial charge is 0.255 e. The fourth-order valence-electron chi connectivity index (χ4n) is 2.78. The molecule has 104 valence electrons. The summed E-state index contributed by atoms with van der Waals surface area (Å²) in [5.74, 6) is 0.130. The molecule has 2 heterocycles. The Bertz CT molecular complexity index is 457. The number of amides is 1. The van der Waals surface area contributed by atoms with Crippen molar-refractivity contribution in [2.75, 3.05) is 20.1 Å². The van der Waals surface area contributed by atoms with Gasteiger partial charge in [0.25, 0.3) is 5.91 Å². The van der Waals surface area contributed by atoms with Gasteiger partial charge < -0.3 is 10.2 Å². The van der Waals surface area contributed by atoms with E-state index in [-0.39, 0.29) is 5.91 Å². The van der Waals surface area contributed by atoms with E-state index < -0.39 is 0 Å². The number of hydrogen-bond acceptors (Lipinski definition) is 3. The summed E-state index contributed by atoms with van der Waals surface area (Å²) in [4.78, 5) is 19.1. The van der Waals surface area contributed by atoms with Crippen molar-refractivity contribution in [3.05, 3.63) is 29.1 Å². The van der Waals surface area contributed by atoms with Crippen LogP contribution in [0.15, 0.2) is 12.1 Å². The highest BCUT2D eigenvalue weighted by molar-refractivity contribution is 5.95. The van der Waals surface area contributed by atoms with Crippen LogP contribution in [0, 0.1) is 13.8 Å². The average molecular weight is 261 g/mol. The van der Waals surface area contributed by atoms with Gasteiger partial charge in [-0.2, -0.15) is 0 Å². The number of aromatic nitrogens is 1. The monoisotopic (exact) mass is 261 g/mol. The summed E-state index contributed by atoms with van der Waals surface area (Å²) in [5.41, 5.74) is 2.53. The largest absolute Gasteiger partial charge is 0.334 e. The Morgan fingerprint density at radius 3 is 2.89 bits per heavy atom. The summed E-state index contributed by atoms with van der Waals surface area (Å²) in [6, 6.07) is 4.13. The number of hydrogen-bond donors (Lipinski definition) is 1. The summed E-state index contributed by atoms with van der Waals surface area (Å²) in [6.07, 6.45) is 3.40. The van der Waals surface area contributed by atoms with Gasteiger partial charge in [-0.3, -0.25) is 9.78 Å². The predicted octanol–water partition coefficient (Wildman–Crippen LogP) is 1.91. The summed E-state index contributed by atoms with van der Waals surface area (Å²) in [6.45, 7) is 5.59. The molecular formula is C15H23N3O. The van der Waals surface area contributed by atoms with Gasteiger partial charge in [0.2, 0.25) is 0 Å². The van der Waals surface area contributed by atoms with E-state index in [4.69, 9.17) is 0 Å². The van der Waals surface area contributed by atoms with Crippen LogP contribution in [0.4, 0.5) is 0 Å². The molecule has 1 aromatic heterocycles. The molecule has 2 rings (SSSR count). The van der Waals surface area contributed by atoms with Crippen molar-refractivity contribution >= 4 is 5.91 Å². The van der Waals surface area contributed by atoms with Crippen LogP contribution in [-0.4, -0.2) is 42.0 Å². The number of nitrogens with zero attached hydrogens (tertiary/aromatic N) is 2. The molecule has 1 atom stereocenters. The zero-order valence-corrected chi connectivity index (χ0v) is 12.1. The van der Waals surface area contributed by atoms with Crippen molar-refractivity contribution in [1.29, 1.82) is 0 Å². The highest BCUT2D eigenvalue weighted by atomic mass is 16.2. The molecule has 1 saturated heterocycles. The Morgan fingerprint density at radius 2 is 2.21 bits per heavy atom. The van der Waals surface area contributed by atoms with Crippen LogP contribution in [0.2, 0.25) is 0 Å². The van der Waals surface area contributed by atoms with Gasteiger partial charge >= 0.3 is 0 Å². The highest BCUT2D eigenvalue weighted by Crippen LogP contribution is 2.20. The van der Waals surface area contributed by atoms with Gasteiger partial charge in [0.05, 0.1) is 11.3 Å². The summed E-state index contributed by atoms with van der Waals surface area (Å²) < 4.78 is 0. The van der Waals surface area contributed by atoms with E-state index in [1.165, 1.54) is 6.42 Å². The third-order valence-electron chi connectivity index (χ3n) is 3.78. The number of pyridine rings is 1. The second-order valence-corrected chi connectivity index (χ2v) is 5.29. The summed E-state index contributed by atoms with van der Waals surface area (Å²) >= 11 is 0. The van der Waals surface area contributed by atoms with Gasteiger partial charge in [-0.15, -0.1) is 0 Å². The van der Waals surface area contributed by atoms with E-state index in [9.17, 15) is 4.79 Å². The van der Waals surface area contributed by atoms with Crippen LogP contribution in [0.5, 0.6) is 0 Å². The number of carbonyl (C=O) groups excluding carboxylic acids is 1. The maximum Gasteiger partial charge on any atom is 0.255 e. The Balaban J connectivity index is 2.21. The molecule has 1 aliphatic heterocycles. The first kappa shape index (κ1) is 14.0. The second-order valence-electron chi connectivity index (χ2n) is 5.29. The summed E-state index contributed by atoms with van der Waals surface area (Å²) in [7, 11) is 1.94. The van der Waals surface area contributed by atoms with Gasteiger partial charge in [0.15, 0.2) is 0 Å². The molecule has 4 nitrogen and oxygen atoms in total. The minimum atomic E-state index is 0.130. The molecule has 0 aromatic carbocycles. The third-order valence-corrected chi connectivity index (χ3v) is 3.78. The van der Waals surface area contributed by atoms with Crippen LogP contribution in [-0.2, 0) is 0 Å². The number of likely N-dealkylation sites (N-methyl/N-ethyl adjacent to an activating group) is 1. The van der Waals surface area contributed by atoms with Crippen LogP contribution >= 0.6 is 0 Å². The molecule has 0 bridgehead atoms. The number of carbonyl (C=O) groups is 1. The number of rotatable bonds is 3. The van der Waals surface area contributed by atoms with Crippen molar-refractivity contribution in [3.8, 4) is 0 Å². The molecule has 0 spiro atoms. The van der Waals surface area contributed by atoms with Crippen LogP contribution in [0.3, 0.4) is 0 Å². The Hall–Kier alpha value is -1.42. The predicted molar refractivity (Wildman–Crippen MR) is 76.3 cm³/mol. The first-order chi connectivity index (χ1) is 9.13. The van der Waals surface area contributed by atoms with E-state index in [1.54, 1.807) is 0 Å². The lowest BCUT2D eigenvalue weighted by Crippen LogP contribution is -2.48. The van der Waals surface area contributed by atoms with Gasteiger partial charge in [-0.25, -0.2) is 0 Å². The zero-order valence-electron chi connectivity index (χ0n) is 12.1. The second kappa shape index (κ2) is 6.15. The molecule has 1 aromatic rings. The quantitative estimate of drug-likeness (QED) is 0.904. The molecule has 1 fully saturated rings. The van der Waals surface area contributed by atoms with E-state index in [2.05, 4.69) is 10.3 Å². The van der Waals surface area contributed by atoms with Crippen LogP contribution in [0.25, 0.3) is 0 Å². The molecule has 1 unspecified atom stereocenters. The zero-order chi connectivity index (χ0) is 13.8.